The average Bonchev–Trinajstić information content (AvgIpc) is 3.30. The molecule has 0 aliphatic carbocycles. The molecule has 0 spiro atoms. The molecule has 156 valence electrons. The first-order chi connectivity index (χ1) is 14.9. The highest BCUT2D eigenvalue weighted by Gasteiger charge is 2.24. The van der Waals surface area contributed by atoms with Crippen LogP contribution in [0.25, 0.3) is 28.3 Å². The standard InChI is InChI=1S/C22H19ClN6O2/c1-13-7-9-15(10-8-13)18-24-25-21-28(12-14-5-4-6-16(23)11-14)17-19(29(18)21)26(2)22(31)27(3)20(17)30/h4-11H,12H2,1-3H3. The van der Waals surface area contributed by atoms with E-state index in [2.05, 4.69) is 10.2 Å². The topological polar surface area (TPSA) is 79.1 Å². The summed E-state index contributed by atoms with van der Waals surface area (Å²) in [5.41, 5.74) is 2.89. The van der Waals surface area contributed by atoms with Crippen LogP contribution in [0.2, 0.25) is 5.02 Å². The predicted molar refractivity (Wildman–Crippen MR) is 120 cm³/mol. The maximum atomic E-state index is 13.2. The van der Waals surface area contributed by atoms with E-state index in [-0.39, 0.29) is 5.56 Å². The summed E-state index contributed by atoms with van der Waals surface area (Å²) in [6, 6.07) is 15.3. The lowest BCUT2D eigenvalue weighted by Gasteiger charge is -2.08. The number of fused-ring (bicyclic) bond motifs is 3. The van der Waals surface area contributed by atoms with Crippen LogP contribution in [0.1, 0.15) is 11.1 Å². The van der Waals surface area contributed by atoms with Crippen molar-refractivity contribution in [2.75, 3.05) is 0 Å². The van der Waals surface area contributed by atoms with E-state index < -0.39 is 5.69 Å². The molecule has 0 fully saturated rings. The molecule has 9 heteroatoms. The van der Waals surface area contributed by atoms with Crippen LogP contribution in [0.5, 0.6) is 0 Å². The number of aromatic nitrogens is 6. The molecule has 5 aromatic rings. The van der Waals surface area contributed by atoms with Crippen LogP contribution in [-0.2, 0) is 20.6 Å². The minimum absolute atomic E-state index is 0.354. The van der Waals surface area contributed by atoms with Crippen molar-refractivity contribution >= 4 is 28.5 Å². The number of benzene rings is 2. The number of hydrogen-bond acceptors (Lipinski definition) is 4. The molecule has 0 bridgehead atoms. The molecule has 3 aromatic heterocycles. The maximum Gasteiger partial charge on any atom is 0.332 e. The van der Waals surface area contributed by atoms with E-state index in [9.17, 15) is 9.59 Å². The van der Waals surface area contributed by atoms with E-state index in [1.165, 1.54) is 11.6 Å². The number of rotatable bonds is 3. The zero-order valence-electron chi connectivity index (χ0n) is 17.2. The zero-order valence-corrected chi connectivity index (χ0v) is 18.0. The number of hydrogen-bond donors (Lipinski definition) is 0. The van der Waals surface area contributed by atoms with Gasteiger partial charge in [-0.1, -0.05) is 53.6 Å². The van der Waals surface area contributed by atoms with Crippen LogP contribution in [0.4, 0.5) is 0 Å². The molecule has 8 nitrogen and oxygen atoms in total. The van der Waals surface area contributed by atoms with Gasteiger partial charge in [-0.2, -0.15) is 0 Å². The Morgan fingerprint density at radius 2 is 1.71 bits per heavy atom. The molecule has 0 radical (unpaired) electrons. The first-order valence-electron chi connectivity index (χ1n) is 9.71. The summed E-state index contributed by atoms with van der Waals surface area (Å²) in [4.78, 5) is 25.9. The number of imidazole rings is 1. The molecule has 0 N–H and O–H groups in total. The van der Waals surface area contributed by atoms with Crippen LogP contribution < -0.4 is 11.2 Å². The largest absolute Gasteiger partial charge is 0.332 e. The van der Waals surface area contributed by atoms with Gasteiger partial charge < -0.3 is 0 Å². The molecule has 2 aromatic carbocycles. The van der Waals surface area contributed by atoms with Crippen LogP contribution in [0.15, 0.2) is 58.1 Å². The van der Waals surface area contributed by atoms with Gasteiger partial charge >= 0.3 is 5.69 Å². The first kappa shape index (κ1) is 19.3. The van der Waals surface area contributed by atoms with Crippen molar-refractivity contribution in [1.29, 1.82) is 0 Å². The molecular formula is C22H19ClN6O2. The van der Waals surface area contributed by atoms with Crippen molar-refractivity contribution in [2.45, 2.75) is 13.5 Å². The van der Waals surface area contributed by atoms with Crippen molar-refractivity contribution in [3.63, 3.8) is 0 Å². The van der Waals surface area contributed by atoms with Crippen molar-refractivity contribution < 1.29 is 0 Å². The molecule has 0 atom stereocenters. The van der Waals surface area contributed by atoms with Gasteiger partial charge in [0.1, 0.15) is 0 Å². The van der Waals surface area contributed by atoms with E-state index in [4.69, 9.17) is 11.6 Å². The molecule has 0 unspecified atom stereocenters. The van der Waals surface area contributed by atoms with Gasteiger partial charge in [0, 0.05) is 24.7 Å². The summed E-state index contributed by atoms with van der Waals surface area (Å²) in [5, 5.41) is 9.39. The van der Waals surface area contributed by atoms with Gasteiger partial charge in [-0.25, -0.2) is 9.20 Å². The van der Waals surface area contributed by atoms with Crippen molar-refractivity contribution in [2.24, 2.45) is 14.1 Å². The normalized spacial score (nSPS) is 11.6. The third-order valence-electron chi connectivity index (χ3n) is 5.52. The highest BCUT2D eigenvalue weighted by molar-refractivity contribution is 6.30. The Morgan fingerprint density at radius 3 is 2.42 bits per heavy atom. The minimum Gasteiger partial charge on any atom is -0.298 e. The molecule has 0 saturated carbocycles. The van der Waals surface area contributed by atoms with E-state index >= 15 is 0 Å². The Labute approximate surface area is 181 Å². The fourth-order valence-corrected chi connectivity index (χ4v) is 4.12. The molecule has 5 rings (SSSR count). The summed E-state index contributed by atoms with van der Waals surface area (Å²) < 4.78 is 6.12. The maximum absolute atomic E-state index is 13.2. The lowest BCUT2D eigenvalue weighted by molar-refractivity contribution is 0.700. The summed E-state index contributed by atoms with van der Waals surface area (Å²) in [7, 11) is 3.12. The predicted octanol–water partition coefficient (Wildman–Crippen LogP) is 2.76. The Hall–Kier alpha value is -3.65. The summed E-state index contributed by atoms with van der Waals surface area (Å²) in [5.74, 6) is 1.04. The van der Waals surface area contributed by atoms with Crippen molar-refractivity contribution in [3.8, 4) is 11.4 Å². The SMILES string of the molecule is Cc1ccc(-c2nnc3n(Cc4cccc(Cl)c4)c4c(=O)n(C)c(=O)n(C)c4n23)cc1. The molecule has 31 heavy (non-hydrogen) atoms. The second kappa shape index (κ2) is 6.95. The Bertz CT molecular complexity index is 1590. The highest BCUT2D eigenvalue weighted by Crippen LogP contribution is 2.25. The van der Waals surface area contributed by atoms with Crippen LogP contribution in [0, 0.1) is 6.92 Å². The lowest BCUT2D eigenvalue weighted by Crippen LogP contribution is -2.37. The highest BCUT2D eigenvalue weighted by atomic mass is 35.5. The molecule has 0 aliphatic heterocycles. The lowest BCUT2D eigenvalue weighted by atomic mass is 10.1. The summed E-state index contributed by atoms with van der Waals surface area (Å²) in [6.07, 6.45) is 0. The average molecular weight is 435 g/mol. The molecule has 0 aliphatic rings. The smallest absolute Gasteiger partial charge is 0.298 e. The van der Waals surface area contributed by atoms with E-state index in [1.807, 2.05) is 49.4 Å². The van der Waals surface area contributed by atoms with Gasteiger partial charge in [-0.05, 0) is 24.6 Å². The molecule has 0 saturated heterocycles. The molecule has 3 heterocycles. The Kier molecular flexibility index (Phi) is 4.33. The molecular weight excluding hydrogens is 416 g/mol. The van der Waals surface area contributed by atoms with Crippen LogP contribution in [0.3, 0.4) is 0 Å². The van der Waals surface area contributed by atoms with Crippen LogP contribution in [-0.4, -0.2) is 28.3 Å². The van der Waals surface area contributed by atoms with Gasteiger partial charge in [0.15, 0.2) is 17.0 Å². The quantitative estimate of drug-likeness (QED) is 0.437. The van der Waals surface area contributed by atoms with E-state index in [0.29, 0.717) is 34.3 Å². The summed E-state index contributed by atoms with van der Waals surface area (Å²) >= 11 is 6.17. The number of nitrogens with zero attached hydrogens (tertiary/aromatic N) is 6. The second-order valence-corrected chi connectivity index (χ2v) is 8.06. The summed E-state index contributed by atoms with van der Waals surface area (Å²) in [6.45, 7) is 2.36. The van der Waals surface area contributed by atoms with Gasteiger partial charge in [0.05, 0.1) is 6.54 Å². The van der Waals surface area contributed by atoms with Crippen LogP contribution >= 0.6 is 11.6 Å². The Morgan fingerprint density at radius 1 is 0.968 bits per heavy atom. The van der Waals surface area contributed by atoms with E-state index in [1.54, 1.807) is 22.1 Å². The van der Waals surface area contributed by atoms with Crippen molar-refractivity contribution in [3.05, 3.63) is 85.5 Å². The Balaban J connectivity index is 1.91. The zero-order chi connectivity index (χ0) is 21.9. The molecule has 0 amide bonds. The fourth-order valence-electron chi connectivity index (χ4n) is 3.91. The fraction of sp³-hybridized carbons (Fsp3) is 0.182. The third kappa shape index (κ3) is 2.90. The van der Waals surface area contributed by atoms with Gasteiger partial charge in [-0.3, -0.25) is 18.5 Å². The minimum atomic E-state index is -0.414. The van der Waals surface area contributed by atoms with Crippen molar-refractivity contribution in [1.82, 2.24) is 28.3 Å². The third-order valence-corrected chi connectivity index (χ3v) is 5.75. The van der Waals surface area contributed by atoms with Gasteiger partial charge in [0.2, 0.25) is 5.78 Å². The van der Waals surface area contributed by atoms with Gasteiger partial charge in [-0.15, -0.1) is 10.2 Å². The first-order valence-corrected chi connectivity index (χ1v) is 10.1. The second-order valence-electron chi connectivity index (χ2n) is 7.62. The number of aryl methyl sites for hydroxylation is 2. The van der Waals surface area contributed by atoms with Gasteiger partial charge in [0.25, 0.3) is 5.56 Å². The number of halogens is 1. The monoisotopic (exact) mass is 434 g/mol. The van der Waals surface area contributed by atoms with E-state index in [0.717, 1.165) is 21.3 Å².